The van der Waals surface area contributed by atoms with Crippen LogP contribution in [0.4, 0.5) is 17.6 Å². The summed E-state index contributed by atoms with van der Waals surface area (Å²) in [6, 6.07) is 33.4. The molecule has 0 amide bonds. The number of halogens is 4. The summed E-state index contributed by atoms with van der Waals surface area (Å²) >= 11 is 0. The predicted molar refractivity (Wildman–Crippen MR) is 153 cm³/mol. The third-order valence-electron chi connectivity index (χ3n) is 7.13. The molecule has 5 aromatic carbocycles. The van der Waals surface area contributed by atoms with Gasteiger partial charge in [-0.05, 0) is 18.2 Å². The van der Waals surface area contributed by atoms with Gasteiger partial charge in [-0.25, -0.2) is 27.5 Å². The molecule has 0 spiro atoms. The van der Waals surface area contributed by atoms with Crippen molar-refractivity contribution in [1.82, 2.24) is 14.5 Å². The van der Waals surface area contributed by atoms with Crippen molar-refractivity contribution in [3.8, 4) is 39.6 Å². The summed E-state index contributed by atoms with van der Waals surface area (Å²) in [5.74, 6) is -6.71. The molecule has 3 nitrogen and oxygen atoms in total. The second-order valence-corrected chi connectivity index (χ2v) is 9.54. The Morgan fingerprint density at radius 2 is 0.878 bits per heavy atom. The summed E-state index contributed by atoms with van der Waals surface area (Å²) in [6.07, 6.45) is 0. The van der Waals surface area contributed by atoms with Crippen LogP contribution < -0.4 is 0 Å². The summed E-state index contributed by atoms with van der Waals surface area (Å²) in [7, 11) is 0. The van der Waals surface area contributed by atoms with Crippen molar-refractivity contribution in [2.75, 3.05) is 0 Å². The maximum atomic E-state index is 16.0. The molecule has 0 saturated heterocycles. The van der Waals surface area contributed by atoms with Gasteiger partial charge in [-0.2, -0.15) is 0 Å². The molecule has 7 heteroatoms. The average molecular weight is 546 g/mol. The lowest BCUT2D eigenvalue weighted by Gasteiger charge is -2.15. The van der Waals surface area contributed by atoms with E-state index in [1.807, 2.05) is 12.1 Å². The van der Waals surface area contributed by atoms with Crippen LogP contribution in [0.2, 0.25) is 0 Å². The third-order valence-corrected chi connectivity index (χ3v) is 7.13. The molecule has 0 N–H and O–H groups in total. The number of para-hydroxylation sites is 2. The summed E-state index contributed by atoms with van der Waals surface area (Å²) in [4.78, 5) is 8.73. The summed E-state index contributed by atoms with van der Waals surface area (Å²) < 4.78 is 65.2. The van der Waals surface area contributed by atoms with Crippen molar-refractivity contribution in [1.29, 1.82) is 0 Å². The molecule has 0 aliphatic carbocycles. The van der Waals surface area contributed by atoms with E-state index in [0.717, 1.165) is 0 Å². The molecule has 41 heavy (non-hydrogen) atoms. The van der Waals surface area contributed by atoms with Gasteiger partial charge in [0, 0.05) is 21.9 Å². The Bertz CT molecular complexity index is 1950. The molecule has 7 aromatic rings. The van der Waals surface area contributed by atoms with Gasteiger partial charge in [0.05, 0.1) is 28.0 Å². The highest BCUT2D eigenvalue weighted by atomic mass is 19.2. The zero-order valence-corrected chi connectivity index (χ0v) is 21.3. The first-order chi connectivity index (χ1) is 20.0. The molecule has 2 heterocycles. The van der Waals surface area contributed by atoms with Crippen molar-refractivity contribution in [2.24, 2.45) is 0 Å². The highest BCUT2D eigenvalue weighted by molar-refractivity contribution is 6.09. The Hall–Kier alpha value is -5.30. The fourth-order valence-corrected chi connectivity index (χ4v) is 5.25. The van der Waals surface area contributed by atoms with Crippen LogP contribution in [0, 0.1) is 23.3 Å². The number of aromatic nitrogens is 3. The molecule has 0 bridgehead atoms. The van der Waals surface area contributed by atoms with Gasteiger partial charge in [-0.1, -0.05) is 97.1 Å². The molecule has 2 aromatic heterocycles. The number of nitrogens with zero attached hydrogens (tertiary/aromatic N) is 3. The smallest absolute Gasteiger partial charge is 0.186 e. The molecule has 0 saturated carbocycles. The van der Waals surface area contributed by atoms with E-state index in [1.54, 1.807) is 103 Å². The van der Waals surface area contributed by atoms with E-state index in [-0.39, 0.29) is 0 Å². The van der Waals surface area contributed by atoms with Gasteiger partial charge >= 0.3 is 0 Å². The normalized spacial score (nSPS) is 11.4. The molecule has 0 aliphatic rings. The minimum absolute atomic E-state index is 0.348. The zero-order valence-electron chi connectivity index (χ0n) is 21.3. The Labute approximate surface area is 232 Å². The highest BCUT2D eigenvalue weighted by Crippen LogP contribution is 2.38. The minimum atomic E-state index is -1.58. The second kappa shape index (κ2) is 9.71. The Balaban J connectivity index is 1.51. The Kier molecular flexibility index (Phi) is 5.86. The average Bonchev–Trinajstić information content (AvgIpc) is 3.35. The summed E-state index contributed by atoms with van der Waals surface area (Å²) in [5.41, 5.74) is 0.997. The molecular weight excluding hydrogens is 526 g/mol. The van der Waals surface area contributed by atoms with Gasteiger partial charge in [-0.15, -0.1) is 0 Å². The third kappa shape index (κ3) is 3.97. The first kappa shape index (κ1) is 24.7. The summed E-state index contributed by atoms with van der Waals surface area (Å²) in [6.45, 7) is 0. The molecule has 0 atom stereocenters. The number of hydrogen-bond acceptors (Lipinski definition) is 2. The number of fused-ring (bicyclic) bond motifs is 3. The molecule has 0 aliphatic heterocycles. The fraction of sp³-hybridized carbons (Fsp3) is 0. The van der Waals surface area contributed by atoms with Crippen molar-refractivity contribution in [3.05, 3.63) is 139 Å². The zero-order chi connectivity index (χ0) is 28.1. The van der Waals surface area contributed by atoms with E-state index in [4.69, 9.17) is 0 Å². The van der Waals surface area contributed by atoms with Crippen LogP contribution in [0.3, 0.4) is 0 Å². The first-order valence-electron chi connectivity index (χ1n) is 12.9. The van der Waals surface area contributed by atoms with E-state index in [2.05, 4.69) is 9.97 Å². The van der Waals surface area contributed by atoms with Crippen molar-refractivity contribution >= 4 is 21.8 Å². The number of hydrogen-bond donors (Lipinski definition) is 0. The van der Waals surface area contributed by atoms with Crippen LogP contribution in [-0.4, -0.2) is 14.5 Å². The lowest BCUT2D eigenvalue weighted by Crippen LogP contribution is -2.10. The van der Waals surface area contributed by atoms with Gasteiger partial charge in [0.1, 0.15) is 5.69 Å². The summed E-state index contributed by atoms with van der Waals surface area (Å²) in [5, 5.41) is 1.39. The fourth-order valence-electron chi connectivity index (χ4n) is 5.25. The van der Waals surface area contributed by atoms with Gasteiger partial charge < -0.3 is 4.57 Å². The lowest BCUT2D eigenvalue weighted by molar-refractivity contribution is 0.453. The van der Waals surface area contributed by atoms with Gasteiger partial charge in [0.2, 0.25) is 0 Å². The van der Waals surface area contributed by atoms with Crippen LogP contribution in [0.1, 0.15) is 0 Å². The van der Waals surface area contributed by atoms with E-state index in [1.165, 1.54) is 4.57 Å². The standard InChI is InChI=1S/C34H19F4N3/c35-29-28(34-39-24(20-11-3-1-4-12-20)19-25(40-34)21-13-5-2-6-14-21)30(36)32(38)33(31(29)37)41-26-17-9-7-15-22(26)23-16-8-10-18-27(23)41/h1-19H. The maximum absolute atomic E-state index is 16.0. The van der Waals surface area contributed by atoms with Gasteiger partial charge in [0.15, 0.2) is 29.1 Å². The largest absolute Gasteiger partial charge is 0.304 e. The van der Waals surface area contributed by atoms with E-state index < -0.39 is 40.3 Å². The highest BCUT2D eigenvalue weighted by Gasteiger charge is 2.31. The van der Waals surface area contributed by atoms with Crippen molar-refractivity contribution in [3.63, 3.8) is 0 Å². The predicted octanol–water partition coefficient (Wildman–Crippen LogP) is 9.13. The van der Waals surface area contributed by atoms with Crippen LogP contribution in [0.5, 0.6) is 0 Å². The molecule has 7 rings (SSSR count). The maximum Gasteiger partial charge on any atom is 0.186 e. The number of benzene rings is 5. The van der Waals surface area contributed by atoms with Crippen molar-refractivity contribution < 1.29 is 17.6 Å². The topological polar surface area (TPSA) is 30.7 Å². The first-order valence-corrected chi connectivity index (χ1v) is 12.9. The Morgan fingerprint density at radius 1 is 0.463 bits per heavy atom. The Morgan fingerprint density at radius 3 is 1.34 bits per heavy atom. The molecule has 0 radical (unpaired) electrons. The molecule has 198 valence electrons. The van der Waals surface area contributed by atoms with Gasteiger partial charge in [-0.3, -0.25) is 0 Å². The number of rotatable bonds is 4. The van der Waals surface area contributed by atoms with Crippen LogP contribution in [-0.2, 0) is 0 Å². The van der Waals surface area contributed by atoms with Crippen LogP contribution in [0.25, 0.3) is 61.4 Å². The quantitative estimate of drug-likeness (QED) is 0.163. The van der Waals surface area contributed by atoms with E-state index in [9.17, 15) is 0 Å². The van der Waals surface area contributed by atoms with E-state index in [0.29, 0.717) is 44.3 Å². The monoisotopic (exact) mass is 545 g/mol. The van der Waals surface area contributed by atoms with Crippen LogP contribution >= 0.6 is 0 Å². The van der Waals surface area contributed by atoms with E-state index >= 15 is 17.6 Å². The lowest BCUT2D eigenvalue weighted by atomic mass is 10.1. The van der Waals surface area contributed by atoms with Gasteiger partial charge in [0.25, 0.3) is 0 Å². The molecule has 0 fully saturated rings. The SMILES string of the molecule is Fc1c(F)c(-n2c3ccccc3c3ccccc32)c(F)c(F)c1-c1nc(-c2ccccc2)cc(-c2ccccc2)n1. The van der Waals surface area contributed by atoms with Crippen molar-refractivity contribution in [2.45, 2.75) is 0 Å². The molecule has 0 unspecified atom stereocenters. The minimum Gasteiger partial charge on any atom is -0.304 e. The van der Waals surface area contributed by atoms with Crippen LogP contribution in [0.15, 0.2) is 115 Å². The molecular formula is C34H19F4N3. The second-order valence-electron chi connectivity index (χ2n) is 9.54.